The largest absolute Gasteiger partial charge is 0.496 e. The first kappa shape index (κ1) is 13.2. The van der Waals surface area contributed by atoms with E-state index in [4.69, 9.17) is 14.2 Å². The van der Waals surface area contributed by atoms with Crippen molar-refractivity contribution in [3.8, 4) is 11.5 Å². The summed E-state index contributed by atoms with van der Waals surface area (Å²) in [5.74, 6) is 0.536. The molecule has 108 valence electrons. The van der Waals surface area contributed by atoms with Gasteiger partial charge in [0, 0.05) is 11.1 Å². The van der Waals surface area contributed by atoms with Crippen molar-refractivity contribution in [2.45, 2.75) is 37.7 Å². The van der Waals surface area contributed by atoms with E-state index >= 15 is 0 Å². The van der Waals surface area contributed by atoms with Crippen molar-refractivity contribution in [1.82, 2.24) is 0 Å². The molecule has 0 bridgehead atoms. The molecule has 1 saturated carbocycles. The summed E-state index contributed by atoms with van der Waals surface area (Å²) >= 11 is 0. The topological polar surface area (TPSA) is 65.0 Å². The number of fused-ring (bicyclic) bond motifs is 1. The summed E-state index contributed by atoms with van der Waals surface area (Å²) in [6, 6.07) is 3.62. The first-order chi connectivity index (χ1) is 9.69. The molecule has 5 heteroatoms. The number of carboxylic acid groups (broad SMARTS) is 1. The molecule has 1 aromatic carbocycles. The molecule has 1 N–H and O–H groups in total. The summed E-state index contributed by atoms with van der Waals surface area (Å²) in [5.41, 5.74) is 0.683. The lowest BCUT2D eigenvalue weighted by Gasteiger charge is -2.31. The summed E-state index contributed by atoms with van der Waals surface area (Å²) in [4.78, 5) is 11.9. The highest BCUT2D eigenvalue weighted by Gasteiger charge is 2.47. The highest BCUT2D eigenvalue weighted by atomic mass is 16.7. The maximum atomic E-state index is 11.9. The molecular formula is C15H18O5. The maximum absolute atomic E-state index is 11.9. The third-order valence-electron chi connectivity index (χ3n) is 4.34. The Hall–Kier alpha value is -1.75. The van der Waals surface area contributed by atoms with Gasteiger partial charge >= 0.3 is 5.97 Å². The van der Waals surface area contributed by atoms with Crippen molar-refractivity contribution in [1.29, 1.82) is 0 Å². The number of rotatable bonds is 3. The number of benzene rings is 1. The summed E-state index contributed by atoms with van der Waals surface area (Å²) in [6.45, 7) is 0.579. The van der Waals surface area contributed by atoms with E-state index in [-0.39, 0.29) is 6.79 Å². The normalized spacial score (nSPS) is 20.1. The van der Waals surface area contributed by atoms with Gasteiger partial charge in [0.1, 0.15) is 11.5 Å². The molecule has 1 heterocycles. The first-order valence-electron chi connectivity index (χ1n) is 6.83. The fourth-order valence-electron chi connectivity index (χ4n) is 3.38. The van der Waals surface area contributed by atoms with E-state index in [1.165, 1.54) is 0 Å². The van der Waals surface area contributed by atoms with E-state index in [1.54, 1.807) is 13.2 Å². The SMILES string of the molecule is COc1ccc2c(c1C1(C(=O)O)CCCC1)COCO2. The highest BCUT2D eigenvalue weighted by molar-refractivity contribution is 5.84. The van der Waals surface area contributed by atoms with Crippen molar-refractivity contribution in [2.75, 3.05) is 13.9 Å². The van der Waals surface area contributed by atoms with Gasteiger partial charge in [0.05, 0.1) is 19.1 Å². The Labute approximate surface area is 117 Å². The zero-order valence-electron chi connectivity index (χ0n) is 11.5. The van der Waals surface area contributed by atoms with Crippen molar-refractivity contribution in [3.63, 3.8) is 0 Å². The van der Waals surface area contributed by atoms with E-state index in [9.17, 15) is 9.90 Å². The predicted molar refractivity (Wildman–Crippen MR) is 71.1 cm³/mol. The zero-order chi connectivity index (χ0) is 14.2. The van der Waals surface area contributed by atoms with E-state index < -0.39 is 11.4 Å². The molecule has 2 aliphatic rings. The molecule has 0 amide bonds. The number of carboxylic acids is 1. The van der Waals surface area contributed by atoms with Crippen molar-refractivity contribution >= 4 is 5.97 Å². The number of hydrogen-bond acceptors (Lipinski definition) is 4. The monoisotopic (exact) mass is 278 g/mol. The van der Waals surface area contributed by atoms with Crippen LogP contribution in [-0.4, -0.2) is 25.0 Å². The minimum Gasteiger partial charge on any atom is -0.496 e. The fourth-order valence-corrected chi connectivity index (χ4v) is 3.38. The van der Waals surface area contributed by atoms with Gasteiger partial charge < -0.3 is 19.3 Å². The molecule has 0 radical (unpaired) electrons. The second-order valence-corrected chi connectivity index (χ2v) is 5.32. The predicted octanol–water partition coefficient (Wildman–Crippen LogP) is 2.46. The van der Waals surface area contributed by atoms with Crippen molar-refractivity contribution in [3.05, 3.63) is 23.3 Å². The maximum Gasteiger partial charge on any atom is 0.314 e. The van der Waals surface area contributed by atoms with Gasteiger partial charge in [-0.1, -0.05) is 12.8 Å². The third-order valence-corrected chi connectivity index (χ3v) is 4.34. The molecule has 0 unspecified atom stereocenters. The molecule has 1 fully saturated rings. The first-order valence-corrected chi connectivity index (χ1v) is 6.83. The quantitative estimate of drug-likeness (QED) is 0.920. The Morgan fingerprint density at radius 2 is 2.10 bits per heavy atom. The Bertz CT molecular complexity index is 531. The van der Waals surface area contributed by atoms with Gasteiger partial charge in [-0.2, -0.15) is 0 Å². The molecule has 1 aromatic rings. The fraction of sp³-hybridized carbons (Fsp3) is 0.533. The molecule has 3 rings (SSSR count). The molecule has 1 aliphatic heterocycles. The Morgan fingerprint density at radius 3 is 2.75 bits per heavy atom. The number of ether oxygens (including phenoxy) is 3. The van der Waals surface area contributed by atoms with Crippen LogP contribution in [0.5, 0.6) is 11.5 Å². The minimum atomic E-state index is -0.874. The molecule has 0 atom stereocenters. The Morgan fingerprint density at radius 1 is 1.35 bits per heavy atom. The molecule has 0 saturated heterocycles. The van der Waals surface area contributed by atoms with Crippen molar-refractivity contribution in [2.24, 2.45) is 0 Å². The minimum absolute atomic E-state index is 0.207. The van der Waals surface area contributed by atoms with Crippen LogP contribution in [0, 0.1) is 0 Å². The summed E-state index contributed by atoms with van der Waals surface area (Å²) in [6.07, 6.45) is 3.10. The lowest BCUT2D eigenvalue weighted by molar-refractivity contribution is -0.143. The van der Waals surface area contributed by atoms with Crippen LogP contribution in [0.3, 0.4) is 0 Å². The van der Waals surface area contributed by atoms with E-state index in [0.29, 0.717) is 30.9 Å². The second kappa shape index (κ2) is 4.98. The van der Waals surface area contributed by atoms with Crippen LogP contribution in [0.25, 0.3) is 0 Å². The average Bonchev–Trinajstić information content (AvgIpc) is 2.96. The molecule has 1 aliphatic carbocycles. The summed E-state index contributed by atoms with van der Waals surface area (Å²) in [5, 5.41) is 9.80. The number of aliphatic carboxylic acids is 1. The molecular weight excluding hydrogens is 260 g/mol. The number of carbonyl (C=O) groups is 1. The van der Waals surface area contributed by atoms with Gasteiger partial charge in [0.15, 0.2) is 6.79 Å². The summed E-state index contributed by atoms with van der Waals surface area (Å²) < 4.78 is 16.3. The van der Waals surface area contributed by atoms with Gasteiger partial charge in [-0.15, -0.1) is 0 Å². The van der Waals surface area contributed by atoms with Crippen LogP contribution < -0.4 is 9.47 Å². The van der Waals surface area contributed by atoms with E-state index in [0.717, 1.165) is 24.0 Å². The van der Waals surface area contributed by atoms with Gasteiger partial charge in [0.25, 0.3) is 0 Å². The van der Waals surface area contributed by atoms with Crippen LogP contribution in [0.1, 0.15) is 36.8 Å². The van der Waals surface area contributed by atoms with Gasteiger partial charge in [-0.3, -0.25) is 4.79 Å². The van der Waals surface area contributed by atoms with E-state index in [2.05, 4.69) is 0 Å². The van der Waals surface area contributed by atoms with Gasteiger partial charge in [0.2, 0.25) is 0 Å². The number of methoxy groups -OCH3 is 1. The Kier molecular flexibility index (Phi) is 3.30. The standard InChI is InChI=1S/C15H18O5/c1-18-12-5-4-11-10(8-19-9-20-11)13(12)15(14(16)17)6-2-3-7-15/h4-5H,2-3,6-9H2,1H3,(H,16,17). The van der Waals surface area contributed by atoms with Gasteiger partial charge in [-0.25, -0.2) is 0 Å². The Balaban J connectivity index is 2.22. The molecule has 0 aromatic heterocycles. The lowest BCUT2D eigenvalue weighted by Crippen LogP contribution is -2.35. The van der Waals surface area contributed by atoms with E-state index in [1.807, 2.05) is 6.07 Å². The third kappa shape index (κ3) is 1.85. The van der Waals surface area contributed by atoms with Crippen molar-refractivity contribution < 1.29 is 24.1 Å². The second-order valence-electron chi connectivity index (χ2n) is 5.32. The van der Waals surface area contributed by atoms with Crippen LogP contribution in [0.2, 0.25) is 0 Å². The summed E-state index contributed by atoms with van der Waals surface area (Å²) in [7, 11) is 1.57. The molecule has 0 spiro atoms. The molecule has 20 heavy (non-hydrogen) atoms. The smallest absolute Gasteiger partial charge is 0.314 e. The van der Waals surface area contributed by atoms with Crippen LogP contribution in [-0.2, 0) is 21.6 Å². The highest BCUT2D eigenvalue weighted by Crippen LogP contribution is 2.49. The van der Waals surface area contributed by atoms with Gasteiger partial charge in [-0.05, 0) is 25.0 Å². The van der Waals surface area contributed by atoms with Crippen LogP contribution in [0.4, 0.5) is 0 Å². The molecule has 5 nitrogen and oxygen atoms in total. The van der Waals surface area contributed by atoms with Crippen LogP contribution in [0.15, 0.2) is 12.1 Å². The average molecular weight is 278 g/mol. The number of hydrogen-bond donors (Lipinski definition) is 1. The van der Waals surface area contributed by atoms with Crippen LogP contribution >= 0.6 is 0 Å². The zero-order valence-corrected chi connectivity index (χ0v) is 11.5. The lowest BCUT2D eigenvalue weighted by atomic mass is 9.76.